The quantitative estimate of drug-likeness (QED) is 0.141. The molecule has 3 aromatic carbocycles. The van der Waals surface area contributed by atoms with Crippen molar-refractivity contribution < 1.29 is 31.1 Å². The number of aryl methyl sites for hydroxylation is 1. The first-order valence-electron chi connectivity index (χ1n) is 17.2. The van der Waals surface area contributed by atoms with E-state index in [4.69, 9.17) is 4.74 Å². The highest BCUT2D eigenvalue weighted by Crippen LogP contribution is 2.45. The summed E-state index contributed by atoms with van der Waals surface area (Å²) in [7, 11) is 0. The number of rotatable bonds is 12. The third kappa shape index (κ3) is 8.12. The van der Waals surface area contributed by atoms with Gasteiger partial charge in [-0.05, 0) is 110 Å². The monoisotopic (exact) mass is 644 g/mol. The second kappa shape index (κ2) is 15.3. The molecule has 46 heavy (non-hydrogen) atoms. The highest BCUT2D eigenvalue weighted by atomic mass is 19.3. The largest absolute Gasteiger partial charge is 0.432 e. The molecule has 0 saturated heterocycles. The van der Waals surface area contributed by atoms with Crippen LogP contribution in [0.3, 0.4) is 0 Å². The number of halogens is 6. The zero-order chi connectivity index (χ0) is 32.8. The van der Waals surface area contributed by atoms with E-state index in [-0.39, 0.29) is 30.1 Å². The molecule has 0 heterocycles. The molecular formula is C39H46F6O. The van der Waals surface area contributed by atoms with E-state index in [0.29, 0.717) is 54.9 Å². The zero-order valence-corrected chi connectivity index (χ0v) is 27.0. The van der Waals surface area contributed by atoms with E-state index in [1.54, 1.807) is 6.07 Å². The minimum Gasteiger partial charge on any atom is -0.432 e. The minimum absolute atomic E-state index is 0.0190. The summed E-state index contributed by atoms with van der Waals surface area (Å²) >= 11 is 0. The molecule has 0 amide bonds. The average molecular weight is 645 g/mol. The van der Waals surface area contributed by atoms with Crippen LogP contribution >= 0.6 is 0 Å². The van der Waals surface area contributed by atoms with E-state index in [1.165, 1.54) is 50.7 Å². The maximum absolute atomic E-state index is 15.3. The van der Waals surface area contributed by atoms with Gasteiger partial charge in [-0.2, -0.15) is 8.78 Å². The van der Waals surface area contributed by atoms with Crippen LogP contribution in [0.4, 0.5) is 26.3 Å². The number of hydrogen-bond donors (Lipinski definition) is 0. The topological polar surface area (TPSA) is 9.23 Å². The lowest BCUT2D eigenvalue weighted by molar-refractivity contribution is -0.222. The lowest BCUT2D eigenvalue weighted by Gasteiger charge is -2.34. The molecule has 0 N–H and O–H groups in total. The molecule has 5 rings (SSSR count). The van der Waals surface area contributed by atoms with Crippen LogP contribution in [0, 0.1) is 35.1 Å². The van der Waals surface area contributed by atoms with E-state index in [2.05, 4.69) is 6.92 Å². The first-order valence-corrected chi connectivity index (χ1v) is 17.2. The predicted molar refractivity (Wildman–Crippen MR) is 171 cm³/mol. The second-order valence-electron chi connectivity index (χ2n) is 13.5. The fourth-order valence-corrected chi connectivity index (χ4v) is 7.64. The molecule has 0 aliphatic heterocycles. The summed E-state index contributed by atoms with van der Waals surface area (Å²) in [6, 6.07) is 10.9. The Morgan fingerprint density at radius 3 is 1.96 bits per heavy atom. The number of alkyl halides is 2. The van der Waals surface area contributed by atoms with Crippen LogP contribution < -0.4 is 4.74 Å². The maximum Gasteiger partial charge on any atom is 0.400 e. The Morgan fingerprint density at radius 2 is 1.35 bits per heavy atom. The molecule has 250 valence electrons. The van der Waals surface area contributed by atoms with Crippen LogP contribution in [0.25, 0.3) is 11.1 Å². The third-order valence-electron chi connectivity index (χ3n) is 10.3. The lowest BCUT2D eigenvalue weighted by atomic mass is 9.75. The van der Waals surface area contributed by atoms with Crippen molar-refractivity contribution in [3.63, 3.8) is 0 Å². The van der Waals surface area contributed by atoms with Crippen LogP contribution in [0.5, 0.6) is 5.75 Å². The van der Waals surface area contributed by atoms with Crippen LogP contribution in [-0.2, 0) is 6.42 Å². The molecule has 2 aliphatic carbocycles. The predicted octanol–water partition coefficient (Wildman–Crippen LogP) is 12.7. The number of hydrogen-bond acceptors (Lipinski definition) is 1. The molecule has 1 nitrogen and oxygen atoms in total. The molecule has 3 aromatic rings. The molecule has 2 saturated carbocycles. The van der Waals surface area contributed by atoms with Crippen LogP contribution in [0.1, 0.15) is 126 Å². The van der Waals surface area contributed by atoms with Gasteiger partial charge < -0.3 is 4.74 Å². The second-order valence-corrected chi connectivity index (χ2v) is 13.5. The SMILES string of the molecule is CCCCCC1CCC(c2ccc(C3CCC(C(F)(F)Oc4cc(F)c(-c5ccc(CCC)c(F)c5)c(F)c4)CC3)c(F)c2)CC1. The van der Waals surface area contributed by atoms with Gasteiger partial charge in [0, 0.05) is 12.1 Å². The van der Waals surface area contributed by atoms with Gasteiger partial charge in [0.25, 0.3) is 0 Å². The van der Waals surface area contributed by atoms with E-state index in [9.17, 15) is 13.2 Å². The molecule has 0 atom stereocenters. The molecule has 0 aromatic heterocycles. The average Bonchev–Trinajstić information content (AvgIpc) is 3.02. The summed E-state index contributed by atoms with van der Waals surface area (Å²) in [6.45, 7) is 4.11. The van der Waals surface area contributed by atoms with Gasteiger partial charge in [0.15, 0.2) is 0 Å². The number of ether oxygens (including phenoxy) is 1. The van der Waals surface area contributed by atoms with Crippen LogP contribution in [0.2, 0.25) is 0 Å². The first kappa shape index (κ1) is 34.4. The van der Waals surface area contributed by atoms with Gasteiger partial charge >= 0.3 is 6.11 Å². The molecule has 2 fully saturated rings. The van der Waals surface area contributed by atoms with Crippen molar-refractivity contribution >= 4 is 0 Å². The van der Waals surface area contributed by atoms with Gasteiger partial charge in [0.1, 0.15) is 29.0 Å². The van der Waals surface area contributed by atoms with E-state index < -0.39 is 40.8 Å². The first-order chi connectivity index (χ1) is 22.1. The van der Waals surface area contributed by atoms with E-state index >= 15 is 13.2 Å². The van der Waals surface area contributed by atoms with Crippen molar-refractivity contribution in [1.29, 1.82) is 0 Å². The van der Waals surface area contributed by atoms with Gasteiger partial charge in [0.05, 0.1) is 11.5 Å². The van der Waals surface area contributed by atoms with Crippen molar-refractivity contribution in [2.24, 2.45) is 11.8 Å². The van der Waals surface area contributed by atoms with Crippen molar-refractivity contribution in [1.82, 2.24) is 0 Å². The minimum atomic E-state index is -3.67. The van der Waals surface area contributed by atoms with Crippen molar-refractivity contribution in [2.75, 3.05) is 0 Å². The molecule has 7 heteroatoms. The molecule has 0 bridgehead atoms. The van der Waals surface area contributed by atoms with Gasteiger partial charge in [-0.3, -0.25) is 0 Å². The highest BCUT2D eigenvalue weighted by Gasteiger charge is 2.44. The van der Waals surface area contributed by atoms with Crippen LogP contribution in [-0.4, -0.2) is 6.11 Å². The Balaban J connectivity index is 1.17. The van der Waals surface area contributed by atoms with Crippen molar-refractivity contribution in [2.45, 2.75) is 122 Å². The Morgan fingerprint density at radius 1 is 0.674 bits per heavy atom. The van der Waals surface area contributed by atoms with Gasteiger partial charge in [-0.25, -0.2) is 17.6 Å². The zero-order valence-electron chi connectivity index (χ0n) is 27.0. The Labute approximate surface area is 269 Å². The summed E-state index contributed by atoms with van der Waals surface area (Å²) in [5, 5.41) is 0. The summed E-state index contributed by atoms with van der Waals surface area (Å²) in [6.07, 6.45) is 8.08. The molecule has 0 unspecified atom stereocenters. The smallest absolute Gasteiger partial charge is 0.400 e. The summed E-state index contributed by atoms with van der Waals surface area (Å²) < 4.78 is 95.1. The molecule has 0 spiro atoms. The number of unbranched alkanes of at least 4 members (excludes halogenated alkanes) is 2. The summed E-state index contributed by atoms with van der Waals surface area (Å²) in [5.41, 5.74) is 1.52. The lowest BCUT2D eigenvalue weighted by Crippen LogP contribution is -2.37. The summed E-state index contributed by atoms with van der Waals surface area (Å²) in [4.78, 5) is 0. The Kier molecular flexibility index (Phi) is 11.4. The fourth-order valence-electron chi connectivity index (χ4n) is 7.64. The maximum atomic E-state index is 15.3. The van der Waals surface area contributed by atoms with Gasteiger partial charge in [0.2, 0.25) is 0 Å². The van der Waals surface area contributed by atoms with E-state index in [0.717, 1.165) is 30.4 Å². The van der Waals surface area contributed by atoms with Crippen molar-refractivity contribution in [3.05, 3.63) is 88.5 Å². The normalized spacial score (nSPS) is 22.2. The highest BCUT2D eigenvalue weighted by molar-refractivity contribution is 5.66. The molecule has 0 radical (unpaired) electrons. The van der Waals surface area contributed by atoms with Crippen LogP contribution in [0.15, 0.2) is 48.5 Å². The van der Waals surface area contributed by atoms with Crippen molar-refractivity contribution in [3.8, 4) is 16.9 Å². The van der Waals surface area contributed by atoms with E-state index in [1.807, 2.05) is 19.1 Å². The molecule has 2 aliphatic rings. The van der Waals surface area contributed by atoms with Gasteiger partial charge in [-0.1, -0.05) is 70.2 Å². The Hall–Kier alpha value is -2.96. The third-order valence-corrected chi connectivity index (χ3v) is 10.3. The fraction of sp³-hybridized carbons (Fsp3) is 0.538. The Bertz CT molecular complexity index is 1430. The standard InChI is InChI=1S/C39H46F6O/c1-3-5-6-8-25-9-11-26(12-10-25)29-17-20-33(35(41)21-29)27-15-18-31(19-16-27)39(44,45)46-32-23-36(42)38(37(43)24-32)30-14-13-28(7-4-2)34(40)22-30/h13-14,17,20-27,31H,3-12,15-16,18-19H2,1-2H3. The molecular weight excluding hydrogens is 598 g/mol. The summed E-state index contributed by atoms with van der Waals surface area (Å²) in [5.74, 6) is -3.91. The number of benzene rings is 3. The van der Waals surface area contributed by atoms with Gasteiger partial charge in [-0.15, -0.1) is 0 Å².